The summed E-state index contributed by atoms with van der Waals surface area (Å²) in [6.45, 7) is 7.67. The highest BCUT2D eigenvalue weighted by molar-refractivity contribution is 7.92. The number of aryl methyl sites for hydroxylation is 1. The van der Waals surface area contributed by atoms with Crippen LogP contribution < -0.4 is 4.31 Å². The molecule has 1 aromatic carbocycles. The van der Waals surface area contributed by atoms with Crippen molar-refractivity contribution in [3.05, 3.63) is 29.8 Å². The summed E-state index contributed by atoms with van der Waals surface area (Å²) >= 11 is 0. The Morgan fingerprint density at radius 2 is 2.07 bits per heavy atom. The molecule has 2 aliphatic heterocycles. The maximum absolute atomic E-state index is 13.0. The molecule has 0 saturated carbocycles. The highest BCUT2D eigenvalue weighted by Crippen LogP contribution is 2.42. The lowest BCUT2D eigenvalue weighted by Crippen LogP contribution is -2.44. The van der Waals surface area contributed by atoms with Crippen LogP contribution in [0.3, 0.4) is 0 Å². The maximum Gasteiger partial charge on any atom is 0.243 e. The molecule has 1 aromatic rings. The molecule has 0 radical (unpaired) electrons. The second kappa shape index (κ2) is 8.62. The average Bonchev–Trinajstić information content (AvgIpc) is 3.17. The molecule has 2 atom stereocenters. The number of rotatable bonds is 8. The summed E-state index contributed by atoms with van der Waals surface area (Å²) in [6.07, 6.45) is 3.40. The third kappa shape index (κ3) is 4.75. The Morgan fingerprint density at radius 3 is 2.66 bits per heavy atom. The maximum atomic E-state index is 13.0. The van der Waals surface area contributed by atoms with E-state index in [1.54, 1.807) is 23.1 Å². The minimum atomic E-state index is -3.59. The van der Waals surface area contributed by atoms with Gasteiger partial charge in [-0.1, -0.05) is 25.5 Å². The molecule has 0 aliphatic carbocycles. The van der Waals surface area contributed by atoms with Crippen molar-refractivity contribution in [1.29, 1.82) is 0 Å². The molecule has 162 valence electrons. The quantitative estimate of drug-likeness (QED) is 0.682. The lowest BCUT2D eigenvalue weighted by Gasteiger charge is -2.29. The van der Waals surface area contributed by atoms with Crippen LogP contribution in [0.1, 0.15) is 25.3 Å². The van der Waals surface area contributed by atoms with Crippen molar-refractivity contribution in [2.75, 3.05) is 56.4 Å². The number of anilines is 1. The van der Waals surface area contributed by atoms with E-state index in [2.05, 4.69) is 11.8 Å². The Bertz CT molecular complexity index is 844. The van der Waals surface area contributed by atoms with E-state index in [0.717, 1.165) is 44.3 Å². The number of aliphatic hydroxyl groups excluding tert-OH is 1. The number of aliphatic hydroxyl groups is 1. The summed E-state index contributed by atoms with van der Waals surface area (Å²) in [6, 6.07) is 7.16. The first-order valence-corrected chi connectivity index (χ1v) is 12.2. The van der Waals surface area contributed by atoms with Crippen LogP contribution in [0.2, 0.25) is 0 Å². The van der Waals surface area contributed by atoms with Crippen LogP contribution in [0.4, 0.5) is 5.69 Å². The molecule has 2 saturated heterocycles. The number of hydrogen-bond donors (Lipinski definition) is 1. The number of unbranched alkanes of at least 4 members (excludes halogenated alkanes) is 1. The van der Waals surface area contributed by atoms with E-state index in [4.69, 9.17) is 0 Å². The van der Waals surface area contributed by atoms with Crippen LogP contribution in [-0.4, -0.2) is 81.4 Å². The van der Waals surface area contributed by atoms with E-state index in [9.17, 15) is 18.3 Å². The van der Waals surface area contributed by atoms with E-state index in [0.29, 0.717) is 18.8 Å². The fourth-order valence-corrected chi connectivity index (χ4v) is 5.50. The summed E-state index contributed by atoms with van der Waals surface area (Å²) in [7, 11) is -3.59. The van der Waals surface area contributed by atoms with E-state index < -0.39 is 10.0 Å². The molecule has 0 aromatic heterocycles. The summed E-state index contributed by atoms with van der Waals surface area (Å²) in [5.74, 6) is 0.0261. The van der Waals surface area contributed by atoms with Crippen LogP contribution in [0, 0.1) is 18.3 Å². The molecule has 1 amide bonds. The van der Waals surface area contributed by atoms with Gasteiger partial charge in [0.15, 0.2) is 0 Å². The second-order valence-corrected chi connectivity index (χ2v) is 10.6. The first-order valence-electron chi connectivity index (χ1n) is 10.3. The number of sulfonamides is 1. The molecule has 29 heavy (non-hydrogen) atoms. The topological polar surface area (TPSA) is 81.2 Å². The molecule has 0 spiro atoms. The summed E-state index contributed by atoms with van der Waals surface area (Å²) in [4.78, 5) is 17.2. The van der Waals surface area contributed by atoms with Gasteiger partial charge in [0.05, 0.1) is 18.6 Å². The van der Waals surface area contributed by atoms with Crippen molar-refractivity contribution < 1.29 is 18.3 Å². The van der Waals surface area contributed by atoms with E-state index >= 15 is 0 Å². The number of amides is 1. The van der Waals surface area contributed by atoms with Gasteiger partial charge in [-0.25, -0.2) is 8.42 Å². The predicted molar refractivity (Wildman–Crippen MR) is 114 cm³/mol. The van der Waals surface area contributed by atoms with Gasteiger partial charge < -0.3 is 14.9 Å². The zero-order chi connectivity index (χ0) is 21.2. The largest absolute Gasteiger partial charge is 0.396 e. The molecule has 0 bridgehead atoms. The van der Waals surface area contributed by atoms with E-state index in [1.165, 1.54) is 4.31 Å². The van der Waals surface area contributed by atoms with Crippen LogP contribution >= 0.6 is 0 Å². The average molecular weight is 424 g/mol. The Morgan fingerprint density at radius 1 is 1.31 bits per heavy atom. The smallest absolute Gasteiger partial charge is 0.243 e. The van der Waals surface area contributed by atoms with Crippen LogP contribution in [0.5, 0.6) is 0 Å². The van der Waals surface area contributed by atoms with Gasteiger partial charge in [-0.2, -0.15) is 0 Å². The Kier molecular flexibility index (Phi) is 6.55. The van der Waals surface area contributed by atoms with E-state index in [-0.39, 0.29) is 30.4 Å². The molecule has 2 aliphatic rings. The molecular weight excluding hydrogens is 390 g/mol. The lowest BCUT2D eigenvalue weighted by molar-refractivity contribution is -0.129. The van der Waals surface area contributed by atoms with Gasteiger partial charge >= 0.3 is 0 Å². The Hall–Kier alpha value is -1.64. The van der Waals surface area contributed by atoms with Gasteiger partial charge in [0.2, 0.25) is 15.9 Å². The van der Waals surface area contributed by atoms with Crippen molar-refractivity contribution in [3.63, 3.8) is 0 Å². The molecule has 2 fully saturated rings. The SMILES string of the molecule is CCCCN1CC2CN(C(=O)CN(c3cccc(C)c3)S(C)(=O)=O)CC2(CO)C1. The van der Waals surface area contributed by atoms with Gasteiger partial charge in [0, 0.05) is 31.6 Å². The molecule has 2 heterocycles. The third-order valence-corrected chi connectivity index (χ3v) is 7.43. The Labute approximate surface area is 174 Å². The summed E-state index contributed by atoms with van der Waals surface area (Å²) in [5.41, 5.74) is 1.15. The lowest BCUT2D eigenvalue weighted by atomic mass is 9.82. The molecule has 7 nitrogen and oxygen atoms in total. The normalized spacial score (nSPS) is 24.7. The second-order valence-electron chi connectivity index (χ2n) is 8.69. The molecule has 8 heteroatoms. The number of likely N-dealkylation sites (tertiary alicyclic amines) is 2. The molecular formula is C21H33N3O4S. The highest BCUT2D eigenvalue weighted by atomic mass is 32.2. The fourth-order valence-electron chi connectivity index (χ4n) is 4.66. The zero-order valence-corrected chi connectivity index (χ0v) is 18.5. The fraction of sp³-hybridized carbons (Fsp3) is 0.667. The van der Waals surface area contributed by atoms with Gasteiger partial charge in [-0.05, 0) is 43.5 Å². The number of fused-ring (bicyclic) bond motifs is 1. The summed E-state index contributed by atoms with van der Waals surface area (Å²) in [5, 5.41) is 10.1. The summed E-state index contributed by atoms with van der Waals surface area (Å²) < 4.78 is 25.9. The number of benzene rings is 1. The van der Waals surface area contributed by atoms with Crippen LogP contribution in [0.25, 0.3) is 0 Å². The first kappa shape index (κ1) is 22.1. The zero-order valence-electron chi connectivity index (χ0n) is 17.7. The monoisotopic (exact) mass is 423 g/mol. The number of hydrogen-bond acceptors (Lipinski definition) is 5. The van der Waals surface area contributed by atoms with Crippen LogP contribution in [0.15, 0.2) is 24.3 Å². The molecule has 1 N–H and O–H groups in total. The predicted octanol–water partition coefficient (Wildman–Crippen LogP) is 1.31. The first-order chi connectivity index (χ1) is 13.7. The minimum Gasteiger partial charge on any atom is -0.396 e. The number of nitrogens with zero attached hydrogens (tertiary/aromatic N) is 3. The standard InChI is InChI=1S/C21H33N3O4S/c1-4-5-9-22-11-18-12-23(15-21(18,14-22)16-25)20(26)13-24(29(3,27)28)19-8-6-7-17(2)10-19/h6-8,10,18,25H,4-5,9,11-16H2,1-3H3. The van der Waals surface area contributed by atoms with Crippen molar-refractivity contribution in [2.24, 2.45) is 11.3 Å². The van der Waals surface area contributed by atoms with Crippen molar-refractivity contribution in [2.45, 2.75) is 26.7 Å². The van der Waals surface area contributed by atoms with Gasteiger partial charge in [-0.15, -0.1) is 0 Å². The van der Waals surface area contributed by atoms with Crippen molar-refractivity contribution in [3.8, 4) is 0 Å². The minimum absolute atomic E-state index is 0.0533. The van der Waals surface area contributed by atoms with Gasteiger partial charge in [-0.3, -0.25) is 9.10 Å². The number of carbonyl (C=O) groups is 1. The molecule has 3 rings (SSSR count). The van der Waals surface area contributed by atoms with Crippen LogP contribution in [-0.2, 0) is 14.8 Å². The van der Waals surface area contributed by atoms with Gasteiger partial charge in [0.1, 0.15) is 6.54 Å². The van der Waals surface area contributed by atoms with E-state index in [1.807, 2.05) is 13.0 Å². The van der Waals surface area contributed by atoms with Crippen molar-refractivity contribution in [1.82, 2.24) is 9.80 Å². The van der Waals surface area contributed by atoms with Crippen molar-refractivity contribution >= 4 is 21.6 Å². The highest BCUT2D eigenvalue weighted by Gasteiger charge is 2.53. The third-order valence-electron chi connectivity index (χ3n) is 6.29. The molecule has 2 unspecified atom stereocenters. The Balaban J connectivity index is 1.71. The number of carbonyl (C=O) groups excluding carboxylic acids is 1. The van der Waals surface area contributed by atoms with Gasteiger partial charge in [0.25, 0.3) is 0 Å².